The number of nitrogens with zero attached hydrogens (tertiary/aromatic N) is 2. The summed E-state index contributed by atoms with van der Waals surface area (Å²) in [5.74, 6) is -1.28. The molecule has 1 heterocycles. The lowest BCUT2D eigenvalue weighted by atomic mass is 10.2. The van der Waals surface area contributed by atoms with Gasteiger partial charge < -0.3 is 10.4 Å². The van der Waals surface area contributed by atoms with Crippen LogP contribution in [-0.4, -0.2) is 35.8 Å². The fraction of sp³-hybridized carbons (Fsp3) is 0.368. The van der Waals surface area contributed by atoms with E-state index >= 15 is 0 Å². The number of nitro groups is 1. The second kappa shape index (κ2) is 8.75. The Labute approximate surface area is 168 Å². The van der Waals surface area contributed by atoms with Crippen LogP contribution in [0, 0.1) is 15.9 Å². The van der Waals surface area contributed by atoms with Gasteiger partial charge in [0.05, 0.1) is 9.82 Å². The first-order valence-electron chi connectivity index (χ1n) is 9.29. The number of phenolic OH excluding ortho intramolecular Hbond substituents is 1. The van der Waals surface area contributed by atoms with E-state index in [4.69, 9.17) is 0 Å². The van der Waals surface area contributed by atoms with E-state index < -0.39 is 26.5 Å². The Kier molecular flexibility index (Phi) is 6.33. The van der Waals surface area contributed by atoms with Gasteiger partial charge in [0.2, 0.25) is 10.0 Å². The van der Waals surface area contributed by atoms with Crippen LogP contribution in [-0.2, 0) is 16.6 Å². The van der Waals surface area contributed by atoms with Gasteiger partial charge in [-0.2, -0.15) is 4.31 Å². The number of halogens is 1. The molecule has 1 fully saturated rings. The smallest absolute Gasteiger partial charge is 0.293 e. The zero-order valence-corrected chi connectivity index (χ0v) is 16.5. The molecule has 0 radical (unpaired) electrons. The van der Waals surface area contributed by atoms with Crippen molar-refractivity contribution in [3.8, 4) is 5.75 Å². The highest BCUT2D eigenvalue weighted by Crippen LogP contribution is 2.30. The number of anilines is 1. The number of sulfonamides is 1. The predicted octanol–water partition coefficient (Wildman–Crippen LogP) is 3.62. The highest BCUT2D eigenvalue weighted by atomic mass is 32.2. The molecule has 0 amide bonds. The Morgan fingerprint density at radius 1 is 1.10 bits per heavy atom. The molecular formula is C19H22FN3O5S. The third-order valence-corrected chi connectivity index (χ3v) is 6.76. The van der Waals surface area contributed by atoms with Crippen LogP contribution < -0.4 is 5.32 Å². The van der Waals surface area contributed by atoms with Gasteiger partial charge in [-0.1, -0.05) is 18.9 Å². The summed E-state index contributed by atoms with van der Waals surface area (Å²) in [4.78, 5) is 10.7. The maximum Gasteiger partial charge on any atom is 0.293 e. The number of hydrogen-bond donors (Lipinski definition) is 2. The van der Waals surface area contributed by atoms with Gasteiger partial charge in [-0.25, -0.2) is 12.8 Å². The van der Waals surface area contributed by atoms with Crippen molar-refractivity contribution < 1.29 is 22.8 Å². The van der Waals surface area contributed by atoms with Gasteiger partial charge in [-0.3, -0.25) is 10.1 Å². The van der Waals surface area contributed by atoms with E-state index in [1.807, 2.05) is 0 Å². The minimum absolute atomic E-state index is 0.0657. The molecule has 0 spiro atoms. The molecule has 2 N–H and O–H groups in total. The highest BCUT2D eigenvalue weighted by molar-refractivity contribution is 7.89. The molecular weight excluding hydrogens is 401 g/mol. The normalized spacial score (nSPS) is 15.6. The topological polar surface area (TPSA) is 113 Å². The van der Waals surface area contributed by atoms with E-state index in [2.05, 4.69) is 5.32 Å². The Balaban J connectivity index is 1.84. The standard InChI is InChI=1S/C19H22FN3O5S/c20-16-11-14(5-8-19(16)24)13-21-17-7-6-15(12-18(17)23(25)26)29(27,28)22-9-3-1-2-4-10-22/h5-8,11-12,21,24H,1-4,9-10,13H2. The largest absolute Gasteiger partial charge is 0.505 e. The molecule has 8 nitrogen and oxygen atoms in total. The van der Waals surface area contributed by atoms with Crippen molar-refractivity contribution in [2.45, 2.75) is 37.1 Å². The van der Waals surface area contributed by atoms with Crippen molar-refractivity contribution in [3.05, 3.63) is 57.9 Å². The molecule has 29 heavy (non-hydrogen) atoms. The first kappa shape index (κ1) is 21.0. The number of aromatic hydroxyl groups is 1. The summed E-state index contributed by atoms with van der Waals surface area (Å²) >= 11 is 0. The second-order valence-electron chi connectivity index (χ2n) is 6.89. The zero-order valence-electron chi connectivity index (χ0n) is 15.7. The van der Waals surface area contributed by atoms with Gasteiger partial charge in [0, 0.05) is 25.7 Å². The average molecular weight is 423 g/mol. The molecule has 2 aromatic carbocycles. The van der Waals surface area contributed by atoms with Crippen LogP contribution in [0.25, 0.3) is 0 Å². The minimum Gasteiger partial charge on any atom is -0.505 e. The summed E-state index contributed by atoms with van der Waals surface area (Å²) in [5, 5.41) is 23.6. The summed E-state index contributed by atoms with van der Waals surface area (Å²) < 4.78 is 40.6. The van der Waals surface area contributed by atoms with Crippen molar-refractivity contribution in [2.75, 3.05) is 18.4 Å². The Morgan fingerprint density at radius 3 is 2.41 bits per heavy atom. The number of benzene rings is 2. The Bertz CT molecular complexity index is 1000. The van der Waals surface area contributed by atoms with E-state index in [9.17, 15) is 28.0 Å². The summed E-state index contributed by atoms with van der Waals surface area (Å²) in [6.45, 7) is 0.876. The Morgan fingerprint density at radius 2 is 1.79 bits per heavy atom. The highest BCUT2D eigenvalue weighted by Gasteiger charge is 2.28. The number of phenols is 1. The number of rotatable bonds is 6. The van der Waals surface area contributed by atoms with Crippen molar-refractivity contribution in [1.29, 1.82) is 0 Å². The Hall–Kier alpha value is -2.72. The summed E-state index contributed by atoms with van der Waals surface area (Å²) in [6, 6.07) is 7.53. The van der Waals surface area contributed by atoms with Gasteiger partial charge in [0.25, 0.3) is 5.69 Å². The van der Waals surface area contributed by atoms with Crippen molar-refractivity contribution in [2.24, 2.45) is 0 Å². The predicted molar refractivity (Wildman–Crippen MR) is 106 cm³/mol. The van der Waals surface area contributed by atoms with Crippen LogP contribution in [0.5, 0.6) is 5.75 Å². The monoisotopic (exact) mass is 423 g/mol. The molecule has 10 heteroatoms. The molecule has 0 aromatic heterocycles. The first-order chi connectivity index (χ1) is 13.8. The molecule has 1 aliphatic heterocycles. The molecule has 1 aliphatic rings. The van der Waals surface area contributed by atoms with Gasteiger partial charge in [0.15, 0.2) is 11.6 Å². The first-order valence-corrected chi connectivity index (χ1v) is 10.7. The van der Waals surface area contributed by atoms with E-state index in [1.54, 1.807) is 0 Å². The summed E-state index contributed by atoms with van der Waals surface area (Å²) in [6.07, 6.45) is 3.47. The number of hydrogen-bond acceptors (Lipinski definition) is 6. The van der Waals surface area contributed by atoms with Crippen molar-refractivity contribution in [1.82, 2.24) is 4.31 Å². The molecule has 0 saturated carbocycles. The van der Waals surface area contributed by atoms with E-state index in [1.165, 1.54) is 28.6 Å². The van der Waals surface area contributed by atoms with Crippen LogP contribution >= 0.6 is 0 Å². The molecule has 2 aromatic rings. The zero-order chi connectivity index (χ0) is 21.0. The van der Waals surface area contributed by atoms with E-state index in [0.29, 0.717) is 18.7 Å². The minimum atomic E-state index is -3.81. The van der Waals surface area contributed by atoms with Crippen LogP contribution in [0.15, 0.2) is 41.3 Å². The molecule has 156 valence electrons. The third kappa shape index (κ3) is 4.83. The lowest BCUT2D eigenvalue weighted by molar-refractivity contribution is -0.384. The lowest BCUT2D eigenvalue weighted by Crippen LogP contribution is -2.32. The molecule has 0 atom stereocenters. The summed E-state index contributed by atoms with van der Waals surface area (Å²) in [7, 11) is -3.81. The van der Waals surface area contributed by atoms with Gasteiger partial charge in [0.1, 0.15) is 5.69 Å². The van der Waals surface area contributed by atoms with Crippen LogP contribution in [0.4, 0.5) is 15.8 Å². The molecule has 3 rings (SSSR count). The second-order valence-corrected chi connectivity index (χ2v) is 8.83. The quantitative estimate of drug-likeness (QED) is 0.542. The van der Waals surface area contributed by atoms with E-state index in [-0.39, 0.29) is 22.8 Å². The van der Waals surface area contributed by atoms with Gasteiger partial charge in [-0.15, -0.1) is 0 Å². The van der Waals surface area contributed by atoms with Crippen LogP contribution in [0.3, 0.4) is 0 Å². The fourth-order valence-electron chi connectivity index (χ4n) is 3.26. The van der Waals surface area contributed by atoms with Crippen molar-refractivity contribution in [3.63, 3.8) is 0 Å². The number of nitro benzene ring substituents is 1. The van der Waals surface area contributed by atoms with Gasteiger partial charge >= 0.3 is 0 Å². The maximum absolute atomic E-state index is 13.4. The fourth-order valence-corrected chi connectivity index (χ4v) is 4.80. The summed E-state index contributed by atoms with van der Waals surface area (Å²) in [5.41, 5.74) is 0.217. The molecule has 0 bridgehead atoms. The van der Waals surface area contributed by atoms with Crippen LogP contribution in [0.1, 0.15) is 31.2 Å². The lowest BCUT2D eigenvalue weighted by Gasteiger charge is -2.20. The van der Waals surface area contributed by atoms with Crippen molar-refractivity contribution >= 4 is 21.4 Å². The maximum atomic E-state index is 13.4. The van der Waals surface area contributed by atoms with Gasteiger partial charge in [-0.05, 0) is 42.7 Å². The molecule has 1 saturated heterocycles. The molecule has 0 aliphatic carbocycles. The average Bonchev–Trinajstić information content (AvgIpc) is 2.99. The van der Waals surface area contributed by atoms with Crippen LogP contribution in [0.2, 0.25) is 0 Å². The SMILES string of the molecule is O=[N+]([O-])c1cc(S(=O)(=O)N2CCCCCC2)ccc1NCc1ccc(O)c(F)c1. The van der Waals surface area contributed by atoms with E-state index in [0.717, 1.165) is 37.8 Å². The third-order valence-electron chi connectivity index (χ3n) is 4.86. The number of nitrogens with one attached hydrogen (secondary N) is 1. The molecule has 0 unspecified atom stereocenters.